The molecule has 0 aromatic carbocycles. The number of hydrogen-bond donors (Lipinski definition) is 1. The van der Waals surface area contributed by atoms with E-state index in [2.05, 4.69) is 19.2 Å². The Kier molecular flexibility index (Phi) is 11.1. The molecule has 1 nitrogen and oxygen atoms in total. The molecular formula is C7H19NS. The minimum Gasteiger partial charge on any atom is -0.317 e. The lowest BCUT2D eigenvalue weighted by molar-refractivity contribution is 0.537. The highest BCUT2D eigenvalue weighted by Crippen LogP contribution is 1.97. The molecule has 0 aliphatic heterocycles. The second kappa shape index (κ2) is 8.31. The lowest BCUT2D eigenvalue weighted by Gasteiger charge is -2.06. The number of hydrogen-bond acceptors (Lipinski definition) is 1. The van der Waals surface area contributed by atoms with Crippen molar-refractivity contribution in [3.63, 3.8) is 0 Å². The summed E-state index contributed by atoms with van der Waals surface area (Å²) in [6.45, 7) is 4.44. The van der Waals surface area contributed by atoms with Crippen molar-refractivity contribution >= 4 is 13.5 Å². The van der Waals surface area contributed by atoms with Crippen LogP contribution in [0.2, 0.25) is 0 Å². The number of nitrogens with one attached hydrogen (secondary N) is 1. The van der Waals surface area contributed by atoms with Crippen molar-refractivity contribution in [2.45, 2.75) is 39.2 Å². The summed E-state index contributed by atoms with van der Waals surface area (Å²) >= 11 is 0. The second-order valence-corrected chi connectivity index (χ2v) is 2.33. The SMILES string of the molecule is CCCCC(C)NC.S. The van der Waals surface area contributed by atoms with Gasteiger partial charge in [0.25, 0.3) is 0 Å². The zero-order valence-electron chi connectivity index (χ0n) is 6.70. The van der Waals surface area contributed by atoms with Crippen LogP contribution in [0.15, 0.2) is 0 Å². The van der Waals surface area contributed by atoms with Crippen LogP contribution in [0.1, 0.15) is 33.1 Å². The van der Waals surface area contributed by atoms with E-state index >= 15 is 0 Å². The van der Waals surface area contributed by atoms with Crippen LogP contribution in [-0.4, -0.2) is 13.1 Å². The van der Waals surface area contributed by atoms with Crippen molar-refractivity contribution in [3.05, 3.63) is 0 Å². The van der Waals surface area contributed by atoms with E-state index in [1.54, 1.807) is 0 Å². The first-order valence-corrected chi connectivity index (χ1v) is 3.48. The van der Waals surface area contributed by atoms with Crippen LogP contribution in [0.5, 0.6) is 0 Å². The quantitative estimate of drug-likeness (QED) is 0.644. The summed E-state index contributed by atoms with van der Waals surface area (Å²) < 4.78 is 0. The maximum Gasteiger partial charge on any atom is 0.00357 e. The van der Waals surface area contributed by atoms with Crippen molar-refractivity contribution in [3.8, 4) is 0 Å². The molecule has 0 aliphatic rings. The first-order chi connectivity index (χ1) is 3.81. The van der Waals surface area contributed by atoms with Gasteiger partial charge in [0.2, 0.25) is 0 Å². The van der Waals surface area contributed by atoms with Gasteiger partial charge in [0.1, 0.15) is 0 Å². The van der Waals surface area contributed by atoms with Crippen molar-refractivity contribution in [2.75, 3.05) is 7.05 Å². The minimum atomic E-state index is 0. The Morgan fingerprint density at radius 1 is 1.44 bits per heavy atom. The van der Waals surface area contributed by atoms with Crippen LogP contribution in [-0.2, 0) is 0 Å². The highest BCUT2D eigenvalue weighted by Gasteiger charge is 1.93. The zero-order chi connectivity index (χ0) is 6.41. The summed E-state index contributed by atoms with van der Waals surface area (Å²) in [5, 5.41) is 3.20. The Morgan fingerprint density at radius 2 is 2.00 bits per heavy atom. The van der Waals surface area contributed by atoms with Crippen molar-refractivity contribution in [1.82, 2.24) is 5.32 Å². The van der Waals surface area contributed by atoms with Crippen LogP contribution in [0, 0.1) is 0 Å². The molecule has 0 aliphatic carbocycles. The molecular weight excluding hydrogens is 130 g/mol. The molecule has 58 valence electrons. The molecule has 0 radical (unpaired) electrons. The van der Waals surface area contributed by atoms with Crippen molar-refractivity contribution in [2.24, 2.45) is 0 Å². The molecule has 0 saturated carbocycles. The van der Waals surface area contributed by atoms with E-state index in [9.17, 15) is 0 Å². The Bertz CT molecular complexity index is 48.2. The Morgan fingerprint density at radius 3 is 2.33 bits per heavy atom. The summed E-state index contributed by atoms with van der Waals surface area (Å²) in [6, 6.07) is 0.704. The molecule has 0 aromatic heterocycles. The van der Waals surface area contributed by atoms with E-state index in [0.29, 0.717) is 6.04 Å². The third-order valence-electron chi connectivity index (χ3n) is 1.48. The maximum absolute atomic E-state index is 3.20. The second-order valence-electron chi connectivity index (χ2n) is 2.33. The van der Waals surface area contributed by atoms with E-state index in [1.165, 1.54) is 19.3 Å². The van der Waals surface area contributed by atoms with E-state index in [1.807, 2.05) is 7.05 Å². The van der Waals surface area contributed by atoms with Gasteiger partial charge in [0.05, 0.1) is 0 Å². The van der Waals surface area contributed by atoms with E-state index in [4.69, 9.17) is 0 Å². The third kappa shape index (κ3) is 8.31. The summed E-state index contributed by atoms with van der Waals surface area (Å²) in [5.74, 6) is 0. The lowest BCUT2D eigenvalue weighted by atomic mass is 10.1. The summed E-state index contributed by atoms with van der Waals surface area (Å²) in [4.78, 5) is 0. The zero-order valence-corrected chi connectivity index (χ0v) is 7.70. The van der Waals surface area contributed by atoms with Gasteiger partial charge >= 0.3 is 0 Å². The highest BCUT2D eigenvalue weighted by molar-refractivity contribution is 7.59. The first-order valence-electron chi connectivity index (χ1n) is 3.48. The van der Waals surface area contributed by atoms with Crippen LogP contribution in [0.3, 0.4) is 0 Å². The van der Waals surface area contributed by atoms with Gasteiger partial charge in [0, 0.05) is 6.04 Å². The summed E-state index contributed by atoms with van der Waals surface area (Å²) in [6.07, 6.45) is 3.97. The van der Waals surface area contributed by atoms with Crippen LogP contribution < -0.4 is 5.32 Å². The van der Waals surface area contributed by atoms with Gasteiger partial charge in [-0.1, -0.05) is 19.8 Å². The average molecular weight is 149 g/mol. The molecule has 0 heterocycles. The molecule has 0 spiro atoms. The van der Waals surface area contributed by atoms with E-state index in [0.717, 1.165) is 0 Å². The molecule has 1 N–H and O–H groups in total. The fourth-order valence-corrected chi connectivity index (χ4v) is 0.655. The van der Waals surface area contributed by atoms with Crippen molar-refractivity contribution < 1.29 is 0 Å². The molecule has 0 amide bonds. The minimum absolute atomic E-state index is 0. The van der Waals surface area contributed by atoms with Gasteiger partial charge in [-0.05, 0) is 20.4 Å². The molecule has 0 saturated heterocycles. The largest absolute Gasteiger partial charge is 0.317 e. The topological polar surface area (TPSA) is 12.0 Å². The predicted molar refractivity (Wildman–Crippen MR) is 48.4 cm³/mol. The standard InChI is InChI=1S/C7H17N.H2S/c1-4-5-6-7(2)8-3;/h7-8H,4-6H2,1-3H3;1H2. The molecule has 0 aromatic rings. The van der Waals surface area contributed by atoms with Gasteiger partial charge in [-0.15, -0.1) is 0 Å². The summed E-state index contributed by atoms with van der Waals surface area (Å²) in [7, 11) is 2.01. The van der Waals surface area contributed by atoms with Crippen LogP contribution in [0.25, 0.3) is 0 Å². The third-order valence-corrected chi connectivity index (χ3v) is 1.48. The average Bonchev–Trinajstić information content (AvgIpc) is 1.83. The predicted octanol–water partition coefficient (Wildman–Crippen LogP) is 1.90. The fraction of sp³-hybridized carbons (Fsp3) is 1.00. The first kappa shape index (κ1) is 12.0. The normalized spacial score (nSPS) is 12.3. The fourth-order valence-electron chi connectivity index (χ4n) is 0.655. The van der Waals surface area contributed by atoms with Gasteiger partial charge in [-0.2, -0.15) is 13.5 Å². The molecule has 2 heteroatoms. The Labute approximate surface area is 65.7 Å². The molecule has 0 fully saturated rings. The molecule has 9 heavy (non-hydrogen) atoms. The van der Waals surface area contributed by atoms with E-state index in [-0.39, 0.29) is 13.5 Å². The van der Waals surface area contributed by atoms with Crippen LogP contribution in [0.4, 0.5) is 0 Å². The maximum atomic E-state index is 3.20. The number of rotatable bonds is 4. The van der Waals surface area contributed by atoms with Crippen molar-refractivity contribution in [1.29, 1.82) is 0 Å². The molecule has 1 unspecified atom stereocenters. The van der Waals surface area contributed by atoms with Gasteiger partial charge in [-0.25, -0.2) is 0 Å². The molecule has 1 atom stereocenters. The highest BCUT2D eigenvalue weighted by atomic mass is 32.1. The van der Waals surface area contributed by atoms with Gasteiger partial charge in [0.15, 0.2) is 0 Å². The Balaban J connectivity index is 0. The van der Waals surface area contributed by atoms with Gasteiger partial charge < -0.3 is 5.32 Å². The lowest BCUT2D eigenvalue weighted by Crippen LogP contribution is -2.20. The summed E-state index contributed by atoms with van der Waals surface area (Å²) in [5.41, 5.74) is 0. The van der Waals surface area contributed by atoms with E-state index < -0.39 is 0 Å². The molecule has 0 bridgehead atoms. The number of unbranched alkanes of at least 4 members (excludes halogenated alkanes) is 1. The Hall–Kier alpha value is 0.310. The molecule has 0 rings (SSSR count). The van der Waals surface area contributed by atoms with Crippen LogP contribution >= 0.6 is 13.5 Å². The monoisotopic (exact) mass is 149 g/mol. The van der Waals surface area contributed by atoms with Gasteiger partial charge in [-0.3, -0.25) is 0 Å². The smallest absolute Gasteiger partial charge is 0.00357 e.